The first-order valence-corrected chi connectivity index (χ1v) is 8.37. The van der Waals surface area contributed by atoms with Crippen LogP contribution < -0.4 is 10.1 Å². The molecular weight excluding hydrogens is 286 g/mol. The van der Waals surface area contributed by atoms with Gasteiger partial charge in [-0.15, -0.1) is 0 Å². The lowest BCUT2D eigenvalue weighted by molar-refractivity contribution is 0.104. The van der Waals surface area contributed by atoms with Crippen LogP contribution in [0.3, 0.4) is 0 Å². The highest BCUT2D eigenvalue weighted by molar-refractivity contribution is 5.27. The van der Waals surface area contributed by atoms with Crippen LogP contribution in [-0.4, -0.2) is 24.4 Å². The molecule has 0 aliphatic heterocycles. The Morgan fingerprint density at radius 3 is 2.39 bits per heavy atom. The van der Waals surface area contributed by atoms with Gasteiger partial charge in [0.2, 0.25) is 0 Å². The van der Waals surface area contributed by atoms with Crippen molar-refractivity contribution in [2.75, 3.05) is 13.2 Å². The highest BCUT2D eigenvalue weighted by atomic mass is 16.5. The number of ether oxygens (including phenoxy) is 1. The minimum absolute atomic E-state index is 0.208. The number of rotatable bonds is 9. The SMILES string of the molecule is CCCc1ccc(OC[C@H](O)CN[C@H](C)c2ccccc2)cc1. The second-order valence-electron chi connectivity index (χ2n) is 5.90. The molecule has 0 amide bonds. The molecule has 23 heavy (non-hydrogen) atoms. The maximum absolute atomic E-state index is 10.1. The van der Waals surface area contributed by atoms with Crippen LogP contribution in [0.2, 0.25) is 0 Å². The molecule has 0 aliphatic rings. The zero-order valence-electron chi connectivity index (χ0n) is 14.0. The second kappa shape index (κ2) is 9.33. The summed E-state index contributed by atoms with van der Waals surface area (Å²) < 4.78 is 5.65. The van der Waals surface area contributed by atoms with Crippen molar-refractivity contribution in [3.05, 3.63) is 65.7 Å². The van der Waals surface area contributed by atoms with Gasteiger partial charge in [-0.25, -0.2) is 0 Å². The molecule has 2 rings (SSSR count). The van der Waals surface area contributed by atoms with Crippen molar-refractivity contribution >= 4 is 0 Å². The zero-order valence-corrected chi connectivity index (χ0v) is 14.0. The molecule has 0 aromatic heterocycles. The normalized spacial score (nSPS) is 13.5. The monoisotopic (exact) mass is 313 g/mol. The molecule has 124 valence electrons. The van der Waals surface area contributed by atoms with Gasteiger partial charge in [0.15, 0.2) is 0 Å². The van der Waals surface area contributed by atoms with Gasteiger partial charge in [-0.1, -0.05) is 55.8 Å². The van der Waals surface area contributed by atoms with Crippen LogP contribution in [0.1, 0.15) is 37.4 Å². The van der Waals surface area contributed by atoms with Crippen LogP contribution >= 0.6 is 0 Å². The number of aliphatic hydroxyl groups excluding tert-OH is 1. The largest absolute Gasteiger partial charge is 0.491 e. The molecule has 0 heterocycles. The summed E-state index contributed by atoms with van der Waals surface area (Å²) in [7, 11) is 0. The summed E-state index contributed by atoms with van der Waals surface area (Å²) in [4.78, 5) is 0. The first-order valence-electron chi connectivity index (χ1n) is 8.37. The van der Waals surface area contributed by atoms with E-state index < -0.39 is 6.10 Å². The Morgan fingerprint density at radius 2 is 1.74 bits per heavy atom. The number of aliphatic hydroxyl groups is 1. The van der Waals surface area contributed by atoms with Gasteiger partial charge in [-0.3, -0.25) is 0 Å². The minimum Gasteiger partial charge on any atom is -0.491 e. The van der Waals surface area contributed by atoms with E-state index in [9.17, 15) is 5.11 Å². The van der Waals surface area contributed by atoms with Gasteiger partial charge in [-0.2, -0.15) is 0 Å². The third-order valence-electron chi connectivity index (χ3n) is 3.86. The molecule has 3 nitrogen and oxygen atoms in total. The van der Waals surface area contributed by atoms with Crippen molar-refractivity contribution in [1.29, 1.82) is 0 Å². The van der Waals surface area contributed by atoms with Crippen LogP contribution in [-0.2, 0) is 6.42 Å². The smallest absolute Gasteiger partial charge is 0.119 e. The molecule has 0 fully saturated rings. The zero-order chi connectivity index (χ0) is 16.5. The minimum atomic E-state index is -0.531. The summed E-state index contributed by atoms with van der Waals surface area (Å²) >= 11 is 0. The average molecular weight is 313 g/mol. The fraction of sp³-hybridized carbons (Fsp3) is 0.400. The molecule has 0 saturated carbocycles. The first kappa shape index (κ1) is 17.5. The number of benzene rings is 2. The van der Waals surface area contributed by atoms with Crippen molar-refractivity contribution in [2.45, 2.75) is 38.8 Å². The Balaban J connectivity index is 1.71. The Morgan fingerprint density at radius 1 is 1.04 bits per heavy atom. The Labute approximate surface area is 139 Å². The van der Waals surface area contributed by atoms with Gasteiger partial charge in [0, 0.05) is 12.6 Å². The van der Waals surface area contributed by atoms with Crippen molar-refractivity contribution < 1.29 is 9.84 Å². The van der Waals surface area contributed by atoms with Crippen molar-refractivity contribution in [3.63, 3.8) is 0 Å². The summed E-state index contributed by atoms with van der Waals surface area (Å²) in [6, 6.07) is 18.5. The topological polar surface area (TPSA) is 41.5 Å². The molecule has 2 aromatic carbocycles. The molecule has 0 saturated heterocycles. The van der Waals surface area contributed by atoms with E-state index >= 15 is 0 Å². The number of hydrogen-bond acceptors (Lipinski definition) is 3. The van der Waals surface area contributed by atoms with Crippen LogP contribution in [0.25, 0.3) is 0 Å². The lowest BCUT2D eigenvalue weighted by Gasteiger charge is -2.18. The van der Waals surface area contributed by atoms with E-state index in [2.05, 4.69) is 43.4 Å². The predicted octanol–water partition coefficient (Wildman–Crippen LogP) is 3.73. The van der Waals surface area contributed by atoms with Gasteiger partial charge in [0.1, 0.15) is 18.5 Å². The Hall–Kier alpha value is -1.84. The lowest BCUT2D eigenvalue weighted by atomic mass is 10.1. The molecule has 0 bridgehead atoms. The maximum Gasteiger partial charge on any atom is 0.119 e. The molecule has 0 spiro atoms. The van der Waals surface area contributed by atoms with Gasteiger partial charge >= 0.3 is 0 Å². The first-order chi connectivity index (χ1) is 11.2. The molecule has 0 aliphatic carbocycles. The molecule has 2 aromatic rings. The van der Waals surface area contributed by atoms with Crippen LogP contribution in [0.4, 0.5) is 0 Å². The standard InChI is InChI=1S/C20H27NO2/c1-3-7-17-10-12-20(13-11-17)23-15-19(22)14-21-16(2)18-8-5-4-6-9-18/h4-6,8-13,16,19,21-22H,3,7,14-15H2,1-2H3/t16-,19-/m1/s1. The van der Waals surface area contributed by atoms with Crippen LogP contribution in [0.15, 0.2) is 54.6 Å². The van der Waals surface area contributed by atoms with Crippen molar-refractivity contribution in [1.82, 2.24) is 5.32 Å². The quantitative estimate of drug-likeness (QED) is 0.741. The number of aryl methyl sites for hydroxylation is 1. The van der Waals surface area contributed by atoms with E-state index in [1.54, 1.807) is 0 Å². The van der Waals surface area contributed by atoms with Crippen LogP contribution in [0, 0.1) is 0 Å². The van der Waals surface area contributed by atoms with E-state index in [4.69, 9.17) is 4.74 Å². The second-order valence-corrected chi connectivity index (χ2v) is 5.90. The van der Waals surface area contributed by atoms with Gasteiger partial charge < -0.3 is 15.2 Å². The molecule has 0 unspecified atom stereocenters. The fourth-order valence-electron chi connectivity index (χ4n) is 2.46. The van der Waals surface area contributed by atoms with Gasteiger partial charge in [-0.05, 0) is 36.6 Å². The number of hydrogen-bond donors (Lipinski definition) is 2. The maximum atomic E-state index is 10.1. The third kappa shape index (κ3) is 6.05. The van der Waals surface area contributed by atoms with Crippen LogP contribution in [0.5, 0.6) is 5.75 Å². The lowest BCUT2D eigenvalue weighted by Crippen LogP contribution is -2.33. The fourth-order valence-corrected chi connectivity index (χ4v) is 2.46. The Bertz CT molecular complexity index is 554. The highest BCUT2D eigenvalue weighted by Crippen LogP contribution is 2.14. The van der Waals surface area contributed by atoms with E-state index in [1.165, 1.54) is 11.1 Å². The summed E-state index contributed by atoms with van der Waals surface area (Å²) in [5, 5.41) is 13.4. The highest BCUT2D eigenvalue weighted by Gasteiger charge is 2.09. The Kier molecular flexibility index (Phi) is 7.11. The molecule has 2 atom stereocenters. The van der Waals surface area contributed by atoms with E-state index in [-0.39, 0.29) is 6.04 Å². The molecular formula is C20H27NO2. The van der Waals surface area contributed by atoms with E-state index in [1.807, 2.05) is 30.3 Å². The van der Waals surface area contributed by atoms with Crippen molar-refractivity contribution in [2.24, 2.45) is 0 Å². The van der Waals surface area contributed by atoms with E-state index in [0.717, 1.165) is 18.6 Å². The molecule has 2 N–H and O–H groups in total. The number of nitrogens with one attached hydrogen (secondary N) is 1. The van der Waals surface area contributed by atoms with Crippen molar-refractivity contribution in [3.8, 4) is 5.75 Å². The molecule has 3 heteroatoms. The summed E-state index contributed by atoms with van der Waals surface area (Å²) in [5.41, 5.74) is 2.53. The summed E-state index contributed by atoms with van der Waals surface area (Å²) in [6.07, 6.45) is 1.70. The molecule has 0 radical (unpaired) electrons. The summed E-state index contributed by atoms with van der Waals surface area (Å²) in [6.45, 7) is 5.06. The average Bonchev–Trinajstić information content (AvgIpc) is 2.60. The third-order valence-corrected chi connectivity index (χ3v) is 3.86. The van der Waals surface area contributed by atoms with Gasteiger partial charge in [0.25, 0.3) is 0 Å². The predicted molar refractivity (Wildman–Crippen MR) is 94.8 cm³/mol. The van der Waals surface area contributed by atoms with E-state index in [0.29, 0.717) is 13.2 Å². The van der Waals surface area contributed by atoms with Gasteiger partial charge in [0.05, 0.1) is 0 Å². The summed E-state index contributed by atoms with van der Waals surface area (Å²) in [5.74, 6) is 0.806.